The largest absolute Gasteiger partial charge is 0.494 e. The zero-order chi connectivity index (χ0) is 17.8. The summed E-state index contributed by atoms with van der Waals surface area (Å²) in [6.45, 7) is 0.696. The van der Waals surface area contributed by atoms with Crippen LogP contribution in [0, 0.1) is 5.82 Å². The number of anilines is 2. The van der Waals surface area contributed by atoms with Crippen molar-refractivity contribution in [2.45, 2.75) is 19.3 Å². The smallest absolute Gasteiger partial charge is 0.228 e. The van der Waals surface area contributed by atoms with E-state index in [-0.39, 0.29) is 24.0 Å². The van der Waals surface area contributed by atoms with E-state index in [1.165, 1.54) is 19.2 Å². The summed E-state index contributed by atoms with van der Waals surface area (Å²) in [4.78, 5) is 25.7. The molecule has 0 radical (unpaired) electrons. The maximum atomic E-state index is 13.7. The Kier molecular flexibility index (Phi) is 4.97. The minimum absolute atomic E-state index is 0.0494. The van der Waals surface area contributed by atoms with Crippen LogP contribution < -0.4 is 15.0 Å². The second kappa shape index (κ2) is 7.34. The summed E-state index contributed by atoms with van der Waals surface area (Å²) in [6.07, 6.45) is 1.45. The fraction of sp³-hybridized carbons (Fsp3) is 0.263. The van der Waals surface area contributed by atoms with Crippen LogP contribution in [0.4, 0.5) is 15.8 Å². The van der Waals surface area contributed by atoms with Crippen molar-refractivity contribution in [3.8, 4) is 5.75 Å². The lowest BCUT2D eigenvalue weighted by atomic mass is 10.1. The van der Waals surface area contributed by atoms with Crippen molar-refractivity contribution in [2.75, 3.05) is 23.9 Å². The van der Waals surface area contributed by atoms with Crippen molar-refractivity contribution in [2.24, 2.45) is 0 Å². The van der Waals surface area contributed by atoms with Crippen LogP contribution in [-0.2, 0) is 16.0 Å². The summed E-state index contributed by atoms with van der Waals surface area (Å²) >= 11 is 0. The molecule has 0 aliphatic carbocycles. The van der Waals surface area contributed by atoms with Crippen LogP contribution in [-0.4, -0.2) is 25.5 Å². The number of methoxy groups -OCH3 is 1. The molecule has 2 amide bonds. The number of carbonyl (C=O) groups excluding carboxylic acids is 2. The van der Waals surface area contributed by atoms with Gasteiger partial charge in [-0.2, -0.15) is 0 Å². The molecule has 25 heavy (non-hydrogen) atoms. The predicted octanol–water partition coefficient (Wildman–Crippen LogP) is 3.14. The van der Waals surface area contributed by atoms with Gasteiger partial charge in [-0.1, -0.05) is 12.1 Å². The van der Waals surface area contributed by atoms with Crippen LogP contribution in [0.2, 0.25) is 0 Å². The second-order valence-corrected chi connectivity index (χ2v) is 5.89. The molecule has 0 spiro atoms. The van der Waals surface area contributed by atoms with Gasteiger partial charge in [-0.3, -0.25) is 9.59 Å². The zero-order valence-electron chi connectivity index (χ0n) is 13.9. The van der Waals surface area contributed by atoms with E-state index in [9.17, 15) is 14.0 Å². The van der Waals surface area contributed by atoms with Crippen molar-refractivity contribution in [3.05, 3.63) is 53.8 Å². The summed E-state index contributed by atoms with van der Waals surface area (Å²) in [7, 11) is 1.39. The van der Waals surface area contributed by atoms with E-state index in [4.69, 9.17) is 4.74 Å². The molecular weight excluding hydrogens is 323 g/mol. The third-order valence-electron chi connectivity index (χ3n) is 4.10. The maximum absolute atomic E-state index is 13.7. The highest BCUT2D eigenvalue weighted by Gasteiger charge is 2.21. The van der Waals surface area contributed by atoms with Crippen LogP contribution in [0.15, 0.2) is 42.5 Å². The van der Waals surface area contributed by atoms with Crippen molar-refractivity contribution in [1.29, 1.82) is 0 Å². The number of nitrogens with zero attached hydrogens (tertiary/aromatic N) is 1. The number of carbonyl (C=O) groups is 2. The van der Waals surface area contributed by atoms with E-state index in [1.54, 1.807) is 29.2 Å². The molecule has 2 aromatic carbocycles. The molecule has 1 saturated heterocycles. The Balaban J connectivity index is 1.67. The Hall–Kier alpha value is -2.89. The van der Waals surface area contributed by atoms with Gasteiger partial charge in [0.05, 0.1) is 13.5 Å². The lowest BCUT2D eigenvalue weighted by Gasteiger charge is -2.16. The fourth-order valence-corrected chi connectivity index (χ4v) is 2.88. The van der Waals surface area contributed by atoms with E-state index >= 15 is 0 Å². The van der Waals surface area contributed by atoms with Gasteiger partial charge in [-0.15, -0.1) is 0 Å². The number of ether oxygens (including phenoxy) is 1. The molecule has 0 aromatic heterocycles. The van der Waals surface area contributed by atoms with Gasteiger partial charge >= 0.3 is 0 Å². The Bertz CT molecular complexity index is 807. The summed E-state index contributed by atoms with van der Waals surface area (Å²) in [5, 5.41) is 2.79. The third kappa shape index (κ3) is 3.96. The highest BCUT2D eigenvalue weighted by Crippen LogP contribution is 2.24. The number of halogens is 1. The molecule has 5 nitrogen and oxygen atoms in total. The van der Waals surface area contributed by atoms with Gasteiger partial charge < -0.3 is 15.0 Å². The summed E-state index contributed by atoms with van der Waals surface area (Å²) in [5.41, 5.74) is 1.94. The molecule has 0 saturated carbocycles. The maximum Gasteiger partial charge on any atom is 0.228 e. The van der Waals surface area contributed by atoms with Crippen molar-refractivity contribution < 1.29 is 18.7 Å². The lowest BCUT2D eigenvalue weighted by Crippen LogP contribution is -2.23. The first-order chi connectivity index (χ1) is 12.1. The molecule has 0 bridgehead atoms. The van der Waals surface area contributed by atoms with Crippen molar-refractivity contribution in [3.63, 3.8) is 0 Å². The van der Waals surface area contributed by atoms with E-state index in [1.807, 2.05) is 6.07 Å². The number of rotatable bonds is 5. The van der Waals surface area contributed by atoms with Crippen LogP contribution in [0.25, 0.3) is 0 Å². The van der Waals surface area contributed by atoms with Crippen molar-refractivity contribution in [1.82, 2.24) is 0 Å². The van der Waals surface area contributed by atoms with Gasteiger partial charge in [0.15, 0.2) is 11.6 Å². The van der Waals surface area contributed by atoms with Gasteiger partial charge in [0.1, 0.15) is 0 Å². The summed E-state index contributed by atoms with van der Waals surface area (Å²) in [6, 6.07) is 11.6. The summed E-state index contributed by atoms with van der Waals surface area (Å²) in [5.74, 6) is -0.513. The first kappa shape index (κ1) is 17.0. The second-order valence-electron chi connectivity index (χ2n) is 5.89. The summed E-state index contributed by atoms with van der Waals surface area (Å²) < 4.78 is 18.6. The predicted molar refractivity (Wildman–Crippen MR) is 93.3 cm³/mol. The number of nitrogens with one attached hydrogen (secondary N) is 1. The Morgan fingerprint density at radius 3 is 2.80 bits per heavy atom. The Morgan fingerprint density at radius 1 is 1.28 bits per heavy atom. The molecule has 0 unspecified atom stereocenters. The normalized spacial score (nSPS) is 13.8. The van der Waals surface area contributed by atoms with Gasteiger partial charge in [-0.05, 0) is 42.3 Å². The van der Waals surface area contributed by atoms with E-state index in [0.717, 1.165) is 12.1 Å². The molecule has 130 valence electrons. The SMILES string of the molecule is COc1ccc(CC(=O)Nc2cccc(N3CCCC3=O)c2)cc1F. The Morgan fingerprint density at radius 2 is 2.12 bits per heavy atom. The molecule has 3 rings (SSSR count). The first-order valence-corrected chi connectivity index (χ1v) is 8.09. The average Bonchev–Trinajstić information content (AvgIpc) is 3.01. The molecule has 1 aliphatic heterocycles. The number of benzene rings is 2. The molecule has 1 aliphatic rings. The molecule has 1 fully saturated rings. The fourth-order valence-electron chi connectivity index (χ4n) is 2.88. The van der Waals surface area contributed by atoms with Crippen LogP contribution >= 0.6 is 0 Å². The average molecular weight is 342 g/mol. The van der Waals surface area contributed by atoms with E-state index < -0.39 is 5.82 Å². The van der Waals surface area contributed by atoms with E-state index in [0.29, 0.717) is 24.2 Å². The lowest BCUT2D eigenvalue weighted by molar-refractivity contribution is -0.117. The molecular formula is C19H19FN2O3. The molecule has 1 heterocycles. The highest BCUT2D eigenvalue weighted by molar-refractivity contribution is 5.97. The number of hydrogen-bond acceptors (Lipinski definition) is 3. The number of hydrogen-bond donors (Lipinski definition) is 1. The van der Waals surface area contributed by atoms with E-state index in [2.05, 4.69) is 5.32 Å². The minimum atomic E-state index is -0.498. The van der Waals surface area contributed by atoms with Gasteiger partial charge in [0, 0.05) is 24.3 Å². The topological polar surface area (TPSA) is 58.6 Å². The van der Waals surface area contributed by atoms with Gasteiger partial charge in [0.2, 0.25) is 11.8 Å². The zero-order valence-corrected chi connectivity index (χ0v) is 13.9. The minimum Gasteiger partial charge on any atom is -0.494 e. The van der Waals surface area contributed by atoms with Crippen LogP contribution in [0.1, 0.15) is 18.4 Å². The number of amides is 2. The quantitative estimate of drug-likeness (QED) is 0.908. The molecule has 1 N–H and O–H groups in total. The molecule has 0 atom stereocenters. The molecule has 6 heteroatoms. The molecule has 2 aromatic rings. The highest BCUT2D eigenvalue weighted by atomic mass is 19.1. The monoisotopic (exact) mass is 342 g/mol. The van der Waals surface area contributed by atoms with Gasteiger partial charge in [0.25, 0.3) is 0 Å². The van der Waals surface area contributed by atoms with Crippen molar-refractivity contribution >= 4 is 23.2 Å². The standard InChI is InChI=1S/C19H19FN2O3/c1-25-17-8-7-13(10-16(17)20)11-18(23)21-14-4-2-5-15(12-14)22-9-3-6-19(22)24/h2,4-5,7-8,10,12H,3,6,9,11H2,1H3,(H,21,23). The first-order valence-electron chi connectivity index (χ1n) is 8.09. The Labute approximate surface area is 145 Å². The van der Waals surface area contributed by atoms with Gasteiger partial charge in [-0.25, -0.2) is 4.39 Å². The third-order valence-corrected chi connectivity index (χ3v) is 4.10. The van der Waals surface area contributed by atoms with Crippen LogP contribution in [0.5, 0.6) is 5.75 Å². The van der Waals surface area contributed by atoms with Crippen LogP contribution in [0.3, 0.4) is 0 Å².